The molecule has 1 aliphatic carbocycles. The molecule has 1 rings (SSSR count). The predicted molar refractivity (Wildman–Crippen MR) is 57.9 cm³/mol. The first-order valence-corrected chi connectivity index (χ1v) is 5.84. The lowest BCUT2D eigenvalue weighted by atomic mass is 9.66. The Kier molecular flexibility index (Phi) is 4.90. The Balaban J connectivity index is 2.25. The third kappa shape index (κ3) is 3.25. The summed E-state index contributed by atoms with van der Waals surface area (Å²) in [6, 6.07) is 0. The SMILES string of the molecule is COOCCCC1(C)CCCCC1C. The van der Waals surface area contributed by atoms with E-state index in [0.29, 0.717) is 5.41 Å². The molecule has 0 saturated heterocycles. The molecule has 2 atom stereocenters. The highest BCUT2D eigenvalue weighted by Gasteiger charge is 2.32. The summed E-state index contributed by atoms with van der Waals surface area (Å²) < 4.78 is 0. The van der Waals surface area contributed by atoms with Gasteiger partial charge in [-0.25, -0.2) is 9.78 Å². The van der Waals surface area contributed by atoms with Gasteiger partial charge >= 0.3 is 0 Å². The van der Waals surface area contributed by atoms with Gasteiger partial charge < -0.3 is 0 Å². The molecular weight excluding hydrogens is 176 g/mol. The van der Waals surface area contributed by atoms with Crippen molar-refractivity contribution in [2.24, 2.45) is 11.3 Å². The van der Waals surface area contributed by atoms with Crippen LogP contribution in [0.3, 0.4) is 0 Å². The zero-order valence-electron chi connectivity index (χ0n) is 9.84. The summed E-state index contributed by atoms with van der Waals surface area (Å²) in [5.74, 6) is 0.874. The van der Waals surface area contributed by atoms with Crippen molar-refractivity contribution in [3.63, 3.8) is 0 Å². The van der Waals surface area contributed by atoms with Gasteiger partial charge in [0.1, 0.15) is 0 Å². The van der Waals surface area contributed by atoms with E-state index in [1.54, 1.807) is 7.11 Å². The van der Waals surface area contributed by atoms with Crippen molar-refractivity contribution in [3.8, 4) is 0 Å². The summed E-state index contributed by atoms with van der Waals surface area (Å²) in [5, 5.41) is 0. The molecule has 0 aromatic heterocycles. The van der Waals surface area contributed by atoms with Crippen molar-refractivity contribution < 1.29 is 9.78 Å². The molecule has 1 aliphatic rings. The molecule has 1 fully saturated rings. The van der Waals surface area contributed by atoms with E-state index < -0.39 is 0 Å². The molecule has 0 aromatic carbocycles. The summed E-state index contributed by atoms with van der Waals surface area (Å²) in [7, 11) is 1.57. The molecule has 0 N–H and O–H groups in total. The number of hydrogen-bond donors (Lipinski definition) is 0. The molecule has 0 aromatic rings. The molecule has 1 saturated carbocycles. The monoisotopic (exact) mass is 200 g/mol. The Hall–Kier alpha value is -0.0800. The molecule has 2 heteroatoms. The zero-order valence-corrected chi connectivity index (χ0v) is 9.84. The van der Waals surface area contributed by atoms with Gasteiger partial charge in [-0.1, -0.05) is 33.1 Å². The van der Waals surface area contributed by atoms with Gasteiger partial charge in [-0.05, 0) is 30.6 Å². The molecule has 2 nitrogen and oxygen atoms in total. The Bertz CT molecular complexity index is 158. The molecule has 0 amide bonds. The Morgan fingerprint density at radius 1 is 1.36 bits per heavy atom. The summed E-state index contributed by atoms with van der Waals surface area (Å²) in [5.41, 5.74) is 0.551. The van der Waals surface area contributed by atoms with E-state index in [1.165, 1.54) is 32.1 Å². The first kappa shape index (κ1) is 12.0. The third-order valence-corrected chi connectivity index (χ3v) is 3.92. The van der Waals surface area contributed by atoms with Gasteiger partial charge in [-0.15, -0.1) is 0 Å². The quantitative estimate of drug-likeness (QED) is 0.384. The molecule has 84 valence electrons. The molecule has 0 heterocycles. The van der Waals surface area contributed by atoms with E-state index in [-0.39, 0.29) is 0 Å². The second-order valence-corrected chi connectivity index (χ2v) is 4.89. The second-order valence-electron chi connectivity index (χ2n) is 4.89. The van der Waals surface area contributed by atoms with Gasteiger partial charge in [0.05, 0.1) is 13.7 Å². The second kappa shape index (κ2) is 5.72. The van der Waals surface area contributed by atoms with Crippen molar-refractivity contribution in [1.82, 2.24) is 0 Å². The number of hydrogen-bond acceptors (Lipinski definition) is 2. The van der Waals surface area contributed by atoms with E-state index in [2.05, 4.69) is 18.7 Å². The maximum absolute atomic E-state index is 4.90. The fourth-order valence-electron chi connectivity index (χ4n) is 2.56. The van der Waals surface area contributed by atoms with Crippen molar-refractivity contribution in [3.05, 3.63) is 0 Å². The standard InChI is InChI=1S/C12H24O2/c1-11-7-4-5-8-12(11,2)9-6-10-14-13-3/h11H,4-10H2,1-3H3. The minimum absolute atomic E-state index is 0.551. The minimum Gasteiger partial charge on any atom is -0.240 e. The van der Waals surface area contributed by atoms with Crippen LogP contribution in [0.25, 0.3) is 0 Å². The van der Waals surface area contributed by atoms with Crippen LogP contribution in [0.2, 0.25) is 0 Å². The van der Waals surface area contributed by atoms with Crippen molar-refractivity contribution in [2.45, 2.75) is 52.4 Å². The van der Waals surface area contributed by atoms with Crippen LogP contribution in [0, 0.1) is 11.3 Å². The first-order chi connectivity index (χ1) is 6.69. The largest absolute Gasteiger partial charge is 0.240 e. The fourth-order valence-corrected chi connectivity index (χ4v) is 2.56. The Morgan fingerprint density at radius 3 is 2.79 bits per heavy atom. The lowest BCUT2D eigenvalue weighted by Gasteiger charge is -2.40. The van der Waals surface area contributed by atoms with Crippen molar-refractivity contribution in [2.75, 3.05) is 13.7 Å². The van der Waals surface area contributed by atoms with Crippen LogP contribution in [0.5, 0.6) is 0 Å². The van der Waals surface area contributed by atoms with Gasteiger partial charge in [-0.3, -0.25) is 0 Å². The highest BCUT2D eigenvalue weighted by atomic mass is 17.2. The normalized spacial score (nSPS) is 33.2. The highest BCUT2D eigenvalue weighted by molar-refractivity contribution is 4.83. The summed E-state index contributed by atoms with van der Waals surface area (Å²) >= 11 is 0. The third-order valence-electron chi connectivity index (χ3n) is 3.92. The van der Waals surface area contributed by atoms with Crippen LogP contribution in [0.4, 0.5) is 0 Å². The molecular formula is C12H24O2. The Morgan fingerprint density at radius 2 is 2.14 bits per heavy atom. The molecule has 0 bridgehead atoms. The maximum atomic E-state index is 4.90. The molecule has 2 unspecified atom stereocenters. The molecule has 0 spiro atoms. The van der Waals surface area contributed by atoms with Crippen LogP contribution >= 0.6 is 0 Å². The first-order valence-electron chi connectivity index (χ1n) is 5.84. The predicted octanol–water partition coefficient (Wildman–Crippen LogP) is 3.56. The smallest absolute Gasteiger partial charge is 0.0822 e. The van der Waals surface area contributed by atoms with Gasteiger partial charge in [0.2, 0.25) is 0 Å². The van der Waals surface area contributed by atoms with Crippen molar-refractivity contribution >= 4 is 0 Å². The van der Waals surface area contributed by atoms with Crippen LogP contribution < -0.4 is 0 Å². The molecule has 0 radical (unpaired) electrons. The van der Waals surface area contributed by atoms with Crippen LogP contribution in [0.1, 0.15) is 52.4 Å². The van der Waals surface area contributed by atoms with Crippen LogP contribution in [0.15, 0.2) is 0 Å². The van der Waals surface area contributed by atoms with E-state index in [4.69, 9.17) is 4.89 Å². The summed E-state index contributed by atoms with van der Waals surface area (Å²) in [4.78, 5) is 9.50. The lowest BCUT2D eigenvalue weighted by molar-refractivity contribution is -0.273. The number of rotatable bonds is 5. The average Bonchev–Trinajstić information content (AvgIpc) is 2.18. The summed E-state index contributed by atoms with van der Waals surface area (Å²) in [6.45, 7) is 5.57. The highest BCUT2D eigenvalue weighted by Crippen LogP contribution is 2.43. The molecule has 14 heavy (non-hydrogen) atoms. The Labute approximate surface area is 87.9 Å². The van der Waals surface area contributed by atoms with Crippen LogP contribution in [-0.2, 0) is 9.78 Å². The van der Waals surface area contributed by atoms with Crippen molar-refractivity contribution in [1.29, 1.82) is 0 Å². The van der Waals surface area contributed by atoms with E-state index in [9.17, 15) is 0 Å². The van der Waals surface area contributed by atoms with E-state index in [1.807, 2.05) is 0 Å². The van der Waals surface area contributed by atoms with E-state index in [0.717, 1.165) is 18.9 Å². The summed E-state index contributed by atoms with van der Waals surface area (Å²) in [6.07, 6.45) is 8.02. The molecule has 0 aliphatic heterocycles. The van der Waals surface area contributed by atoms with Crippen LogP contribution in [-0.4, -0.2) is 13.7 Å². The van der Waals surface area contributed by atoms with Gasteiger partial charge in [0, 0.05) is 0 Å². The minimum atomic E-state index is 0.551. The van der Waals surface area contributed by atoms with Gasteiger partial charge in [0.25, 0.3) is 0 Å². The maximum Gasteiger partial charge on any atom is 0.0822 e. The lowest BCUT2D eigenvalue weighted by Crippen LogP contribution is -2.29. The average molecular weight is 200 g/mol. The van der Waals surface area contributed by atoms with Gasteiger partial charge in [0.15, 0.2) is 0 Å². The fraction of sp³-hybridized carbons (Fsp3) is 1.00. The van der Waals surface area contributed by atoms with Gasteiger partial charge in [-0.2, -0.15) is 0 Å². The zero-order chi connectivity index (χ0) is 10.4. The topological polar surface area (TPSA) is 18.5 Å². The van der Waals surface area contributed by atoms with E-state index >= 15 is 0 Å².